The summed E-state index contributed by atoms with van der Waals surface area (Å²) in [6, 6.07) is 6.92. The van der Waals surface area contributed by atoms with E-state index in [1.807, 2.05) is 6.07 Å². The molecular formula is C10H9N3O2. The Kier molecular flexibility index (Phi) is 2.21. The number of aromatic nitrogens is 3. The Balaban J connectivity index is 2.48. The van der Waals surface area contributed by atoms with E-state index in [-0.39, 0.29) is 5.69 Å². The van der Waals surface area contributed by atoms with Crippen LogP contribution < -0.4 is 0 Å². The molecule has 15 heavy (non-hydrogen) atoms. The third-order valence-corrected chi connectivity index (χ3v) is 2.03. The molecule has 0 saturated heterocycles. The molecule has 2 aromatic rings. The van der Waals surface area contributed by atoms with Crippen molar-refractivity contribution in [3.8, 4) is 11.4 Å². The summed E-state index contributed by atoms with van der Waals surface area (Å²) in [6.07, 6.45) is 1.64. The average Bonchev–Trinajstić information content (AvgIpc) is 2.62. The Morgan fingerprint density at radius 3 is 2.73 bits per heavy atom. The quantitative estimate of drug-likeness (QED) is 0.795. The standard InChI is InChI=1S/C10H9N3O2/c1-13-9(10(14)15)6-8(12-13)7-4-2-3-5-11-7/h2-6H,1H3,(H,14,15). The van der Waals surface area contributed by atoms with Crippen LogP contribution in [0.1, 0.15) is 10.5 Å². The predicted octanol–water partition coefficient (Wildman–Crippen LogP) is 1.18. The van der Waals surface area contributed by atoms with Crippen LogP contribution >= 0.6 is 0 Å². The van der Waals surface area contributed by atoms with Crippen LogP contribution in [0.15, 0.2) is 30.5 Å². The summed E-state index contributed by atoms with van der Waals surface area (Å²) in [5, 5.41) is 12.9. The number of carboxylic acids is 1. The monoisotopic (exact) mass is 203 g/mol. The highest BCUT2D eigenvalue weighted by atomic mass is 16.4. The number of nitrogens with zero attached hydrogens (tertiary/aromatic N) is 3. The van der Waals surface area contributed by atoms with Gasteiger partial charge in [-0.3, -0.25) is 9.67 Å². The van der Waals surface area contributed by atoms with E-state index >= 15 is 0 Å². The van der Waals surface area contributed by atoms with Crippen LogP contribution in [-0.4, -0.2) is 25.8 Å². The Morgan fingerprint density at radius 2 is 2.20 bits per heavy atom. The molecule has 2 aromatic heterocycles. The van der Waals surface area contributed by atoms with Crippen molar-refractivity contribution in [2.75, 3.05) is 0 Å². The Bertz CT molecular complexity index is 491. The van der Waals surface area contributed by atoms with Gasteiger partial charge in [0.05, 0.1) is 5.69 Å². The zero-order chi connectivity index (χ0) is 10.8. The highest BCUT2D eigenvalue weighted by Crippen LogP contribution is 2.15. The summed E-state index contributed by atoms with van der Waals surface area (Å²) in [6.45, 7) is 0. The Labute approximate surface area is 86.0 Å². The fourth-order valence-corrected chi connectivity index (χ4v) is 1.31. The molecule has 2 heterocycles. The normalized spacial score (nSPS) is 10.2. The summed E-state index contributed by atoms with van der Waals surface area (Å²) in [5.74, 6) is -0.993. The van der Waals surface area contributed by atoms with Crippen LogP contribution in [0.3, 0.4) is 0 Å². The van der Waals surface area contributed by atoms with Gasteiger partial charge in [-0.05, 0) is 12.1 Å². The SMILES string of the molecule is Cn1nc(-c2ccccn2)cc1C(=O)O. The van der Waals surface area contributed by atoms with E-state index in [0.29, 0.717) is 11.4 Å². The average molecular weight is 203 g/mol. The highest BCUT2D eigenvalue weighted by Gasteiger charge is 2.12. The van der Waals surface area contributed by atoms with Crippen molar-refractivity contribution >= 4 is 5.97 Å². The van der Waals surface area contributed by atoms with Crippen LogP contribution in [-0.2, 0) is 7.05 Å². The lowest BCUT2D eigenvalue weighted by Crippen LogP contribution is -2.04. The van der Waals surface area contributed by atoms with Gasteiger partial charge >= 0.3 is 5.97 Å². The fraction of sp³-hybridized carbons (Fsp3) is 0.100. The molecule has 0 aromatic carbocycles. The topological polar surface area (TPSA) is 68.0 Å². The maximum atomic E-state index is 10.8. The first kappa shape index (κ1) is 9.39. The molecule has 5 heteroatoms. The molecular weight excluding hydrogens is 194 g/mol. The van der Waals surface area contributed by atoms with Gasteiger partial charge in [-0.25, -0.2) is 4.79 Å². The van der Waals surface area contributed by atoms with Crippen molar-refractivity contribution < 1.29 is 9.90 Å². The summed E-state index contributed by atoms with van der Waals surface area (Å²) in [7, 11) is 1.59. The van der Waals surface area contributed by atoms with E-state index in [2.05, 4.69) is 10.1 Å². The highest BCUT2D eigenvalue weighted by molar-refractivity contribution is 5.87. The summed E-state index contributed by atoms with van der Waals surface area (Å²) in [5.41, 5.74) is 1.38. The molecule has 0 spiro atoms. The Morgan fingerprint density at radius 1 is 1.40 bits per heavy atom. The number of rotatable bonds is 2. The molecule has 0 fully saturated rings. The molecule has 0 bridgehead atoms. The molecule has 0 radical (unpaired) electrons. The number of carboxylic acid groups (broad SMARTS) is 1. The predicted molar refractivity (Wildman–Crippen MR) is 53.4 cm³/mol. The van der Waals surface area contributed by atoms with E-state index in [0.717, 1.165) is 0 Å². The van der Waals surface area contributed by atoms with Crippen LogP contribution in [0.5, 0.6) is 0 Å². The van der Waals surface area contributed by atoms with Crippen LogP contribution in [0.25, 0.3) is 11.4 Å². The fourth-order valence-electron chi connectivity index (χ4n) is 1.31. The van der Waals surface area contributed by atoms with Crippen molar-refractivity contribution in [1.29, 1.82) is 0 Å². The lowest BCUT2D eigenvalue weighted by molar-refractivity contribution is 0.0685. The van der Waals surface area contributed by atoms with Gasteiger partial charge < -0.3 is 5.11 Å². The molecule has 0 aliphatic heterocycles. The second-order valence-electron chi connectivity index (χ2n) is 3.06. The first-order valence-corrected chi connectivity index (χ1v) is 4.37. The summed E-state index contributed by atoms with van der Waals surface area (Å²) < 4.78 is 1.33. The van der Waals surface area contributed by atoms with Gasteiger partial charge in [-0.1, -0.05) is 6.07 Å². The molecule has 5 nitrogen and oxygen atoms in total. The number of hydrogen-bond acceptors (Lipinski definition) is 3. The minimum atomic E-state index is -0.993. The molecule has 0 unspecified atom stereocenters. The van der Waals surface area contributed by atoms with E-state index in [9.17, 15) is 4.79 Å². The maximum Gasteiger partial charge on any atom is 0.354 e. The second-order valence-corrected chi connectivity index (χ2v) is 3.06. The third kappa shape index (κ3) is 1.71. The zero-order valence-corrected chi connectivity index (χ0v) is 8.08. The Hall–Kier alpha value is -2.17. The zero-order valence-electron chi connectivity index (χ0n) is 8.08. The molecule has 0 amide bonds. The molecule has 0 aliphatic rings. The third-order valence-electron chi connectivity index (χ3n) is 2.03. The lowest BCUT2D eigenvalue weighted by atomic mass is 10.2. The minimum Gasteiger partial charge on any atom is -0.477 e. The van der Waals surface area contributed by atoms with Gasteiger partial charge in [0.25, 0.3) is 0 Å². The first-order valence-electron chi connectivity index (χ1n) is 4.37. The van der Waals surface area contributed by atoms with E-state index in [4.69, 9.17) is 5.11 Å². The summed E-state index contributed by atoms with van der Waals surface area (Å²) >= 11 is 0. The molecule has 76 valence electrons. The van der Waals surface area contributed by atoms with E-state index in [1.165, 1.54) is 10.7 Å². The van der Waals surface area contributed by atoms with E-state index < -0.39 is 5.97 Å². The van der Waals surface area contributed by atoms with Crippen molar-refractivity contribution in [2.45, 2.75) is 0 Å². The van der Waals surface area contributed by atoms with Crippen molar-refractivity contribution in [2.24, 2.45) is 7.05 Å². The number of pyridine rings is 1. The molecule has 1 N–H and O–H groups in total. The molecule has 2 rings (SSSR count). The van der Waals surface area contributed by atoms with Gasteiger partial charge in [0.1, 0.15) is 11.4 Å². The van der Waals surface area contributed by atoms with Crippen LogP contribution in [0.2, 0.25) is 0 Å². The molecule has 0 aliphatic carbocycles. The van der Waals surface area contributed by atoms with Gasteiger partial charge in [0, 0.05) is 19.3 Å². The van der Waals surface area contributed by atoms with Crippen LogP contribution in [0, 0.1) is 0 Å². The number of aryl methyl sites for hydroxylation is 1. The van der Waals surface area contributed by atoms with Gasteiger partial charge in [0.2, 0.25) is 0 Å². The van der Waals surface area contributed by atoms with Gasteiger partial charge in [0.15, 0.2) is 0 Å². The molecule has 0 saturated carbocycles. The number of carbonyl (C=O) groups is 1. The summed E-state index contributed by atoms with van der Waals surface area (Å²) in [4.78, 5) is 14.9. The largest absolute Gasteiger partial charge is 0.477 e. The van der Waals surface area contributed by atoms with E-state index in [1.54, 1.807) is 25.4 Å². The van der Waals surface area contributed by atoms with Crippen molar-refractivity contribution in [1.82, 2.24) is 14.8 Å². The maximum absolute atomic E-state index is 10.8. The molecule has 0 atom stereocenters. The number of hydrogen-bond donors (Lipinski definition) is 1. The first-order chi connectivity index (χ1) is 7.18. The second kappa shape index (κ2) is 3.53. The lowest BCUT2D eigenvalue weighted by Gasteiger charge is -1.92. The van der Waals surface area contributed by atoms with Gasteiger partial charge in [-0.15, -0.1) is 0 Å². The van der Waals surface area contributed by atoms with Crippen molar-refractivity contribution in [3.63, 3.8) is 0 Å². The van der Waals surface area contributed by atoms with Gasteiger partial charge in [-0.2, -0.15) is 5.10 Å². The smallest absolute Gasteiger partial charge is 0.354 e. The minimum absolute atomic E-state index is 0.149. The number of aromatic carboxylic acids is 1. The van der Waals surface area contributed by atoms with Crippen molar-refractivity contribution in [3.05, 3.63) is 36.2 Å². The van der Waals surface area contributed by atoms with Crippen LogP contribution in [0.4, 0.5) is 0 Å².